The van der Waals surface area contributed by atoms with Gasteiger partial charge in [0.25, 0.3) is 0 Å². The van der Waals surface area contributed by atoms with E-state index in [-0.39, 0.29) is 0 Å². The maximum Gasteiger partial charge on any atom is 0.0859 e. The van der Waals surface area contributed by atoms with Gasteiger partial charge in [-0.15, -0.1) is 0 Å². The minimum absolute atomic E-state index is 0.776. The predicted octanol–water partition coefficient (Wildman–Crippen LogP) is 12.6. The molecule has 0 amide bonds. The van der Waals surface area contributed by atoms with E-state index in [4.69, 9.17) is 0 Å². The molecule has 1 heterocycles. The van der Waals surface area contributed by atoms with Gasteiger partial charge in [-0.05, 0) is 127 Å². The molecule has 0 saturated heterocycles. The first-order valence-corrected chi connectivity index (χ1v) is 16.4. The zero-order chi connectivity index (χ0) is 32.0. The van der Waals surface area contributed by atoms with Crippen LogP contribution in [0.3, 0.4) is 0 Å². The molecule has 0 bridgehead atoms. The van der Waals surface area contributed by atoms with Crippen LogP contribution in [-0.4, -0.2) is 6.72 Å². The first-order valence-electron chi connectivity index (χ1n) is 16.4. The van der Waals surface area contributed by atoms with Crippen LogP contribution < -0.4 is 4.90 Å². The number of para-hydroxylation sites is 2. The van der Waals surface area contributed by atoms with E-state index in [0.717, 1.165) is 17.9 Å². The van der Waals surface area contributed by atoms with Gasteiger partial charge in [-0.2, -0.15) is 0 Å². The van der Waals surface area contributed by atoms with Gasteiger partial charge in [0.15, 0.2) is 0 Å². The van der Waals surface area contributed by atoms with E-state index < -0.39 is 0 Å². The molecule has 0 atom stereocenters. The van der Waals surface area contributed by atoms with Crippen LogP contribution >= 0.6 is 0 Å². The second-order valence-electron chi connectivity index (χ2n) is 12.5. The molecule has 226 valence electrons. The number of hydrogen-bond donors (Lipinski definition) is 0. The number of benzene rings is 8. The fourth-order valence-electron chi connectivity index (χ4n) is 7.25. The van der Waals surface area contributed by atoms with Crippen molar-refractivity contribution in [2.75, 3.05) is 4.90 Å². The number of hydrogen-bond acceptors (Lipinski definition) is 2. The van der Waals surface area contributed by atoms with Gasteiger partial charge in [-0.3, -0.25) is 4.99 Å². The second-order valence-corrected chi connectivity index (χ2v) is 12.5. The standard InChI is InChI=1S/C46H32N2/c1-47-44-16-8-9-17-46(44)48-30-38-14-6-7-15-42(38)43-29-37(22-23-45(43)48)41-27-39(35-20-18-31-10-2-4-12-33(31)24-35)26-40(28-41)36-21-19-32-11-3-5-13-34(32)25-36/h2-29H,1,30H2. The minimum atomic E-state index is 0.776. The van der Waals surface area contributed by atoms with Crippen molar-refractivity contribution in [1.82, 2.24) is 0 Å². The molecule has 0 fully saturated rings. The molecule has 8 aromatic carbocycles. The van der Waals surface area contributed by atoms with E-state index in [0.29, 0.717) is 0 Å². The van der Waals surface area contributed by atoms with Gasteiger partial charge < -0.3 is 4.90 Å². The lowest BCUT2D eigenvalue weighted by Crippen LogP contribution is -2.21. The Bertz CT molecular complexity index is 2430. The van der Waals surface area contributed by atoms with Crippen LogP contribution in [0.1, 0.15) is 5.56 Å². The van der Waals surface area contributed by atoms with Gasteiger partial charge in [-0.1, -0.05) is 115 Å². The highest BCUT2D eigenvalue weighted by atomic mass is 15.2. The smallest absolute Gasteiger partial charge is 0.0859 e. The first kappa shape index (κ1) is 28.0. The quantitative estimate of drug-likeness (QED) is 0.177. The number of rotatable bonds is 5. The Balaban J connectivity index is 1.24. The molecule has 48 heavy (non-hydrogen) atoms. The summed E-state index contributed by atoms with van der Waals surface area (Å²) in [6.45, 7) is 4.64. The van der Waals surface area contributed by atoms with E-state index in [9.17, 15) is 0 Å². The van der Waals surface area contributed by atoms with Gasteiger partial charge in [0.05, 0.1) is 11.4 Å². The molecule has 9 rings (SSSR count). The molecule has 8 aromatic rings. The molecule has 2 heteroatoms. The maximum absolute atomic E-state index is 4.36. The van der Waals surface area contributed by atoms with Crippen molar-refractivity contribution in [3.63, 3.8) is 0 Å². The van der Waals surface area contributed by atoms with Gasteiger partial charge in [0.2, 0.25) is 0 Å². The van der Waals surface area contributed by atoms with E-state index in [2.05, 4.69) is 174 Å². The average Bonchev–Trinajstić information content (AvgIpc) is 3.16. The number of anilines is 2. The number of fused-ring (bicyclic) bond motifs is 5. The third-order valence-electron chi connectivity index (χ3n) is 9.70. The Morgan fingerprint density at radius 2 is 0.917 bits per heavy atom. The van der Waals surface area contributed by atoms with Crippen molar-refractivity contribution in [3.8, 4) is 44.5 Å². The molecule has 0 saturated carbocycles. The maximum atomic E-state index is 4.36. The average molecular weight is 613 g/mol. The molecular weight excluding hydrogens is 581 g/mol. The van der Waals surface area contributed by atoms with Crippen LogP contribution in [0, 0.1) is 0 Å². The summed E-state index contributed by atoms with van der Waals surface area (Å²) in [7, 11) is 0. The van der Waals surface area contributed by atoms with Crippen LogP contribution in [0.5, 0.6) is 0 Å². The molecule has 2 nitrogen and oxygen atoms in total. The fourth-order valence-corrected chi connectivity index (χ4v) is 7.25. The van der Waals surface area contributed by atoms with Crippen molar-refractivity contribution < 1.29 is 0 Å². The van der Waals surface area contributed by atoms with Gasteiger partial charge in [0, 0.05) is 17.8 Å². The van der Waals surface area contributed by atoms with Crippen LogP contribution in [-0.2, 0) is 6.54 Å². The van der Waals surface area contributed by atoms with Crippen molar-refractivity contribution in [2.45, 2.75) is 6.54 Å². The summed E-state index contributed by atoms with van der Waals surface area (Å²) in [5.41, 5.74) is 14.1. The zero-order valence-corrected chi connectivity index (χ0v) is 26.5. The van der Waals surface area contributed by atoms with Crippen LogP contribution in [0.4, 0.5) is 17.1 Å². The largest absolute Gasteiger partial charge is 0.335 e. The summed E-state index contributed by atoms with van der Waals surface area (Å²) in [5, 5.41) is 4.98. The number of nitrogens with zero attached hydrogens (tertiary/aromatic N) is 2. The molecule has 0 aliphatic carbocycles. The molecule has 0 N–H and O–H groups in total. The van der Waals surface area contributed by atoms with E-state index in [1.165, 1.54) is 77.3 Å². The zero-order valence-electron chi connectivity index (χ0n) is 26.5. The highest BCUT2D eigenvalue weighted by Gasteiger charge is 2.25. The Morgan fingerprint density at radius 3 is 1.56 bits per heavy atom. The Morgan fingerprint density at radius 1 is 0.396 bits per heavy atom. The predicted molar refractivity (Wildman–Crippen MR) is 205 cm³/mol. The molecule has 1 aliphatic rings. The minimum Gasteiger partial charge on any atom is -0.335 e. The summed E-state index contributed by atoms with van der Waals surface area (Å²) in [5.74, 6) is 0. The SMILES string of the molecule is C=Nc1ccccc1N1Cc2ccccc2-c2cc(-c3cc(-c4ccc5ccccc5c4)cc(-c4ccc5ccccc5c4)c3)ccc21. The fraction of sp³-hybridized carbons (Fsp3) is 0.0217. The third kappa shape index (κ3) is 4.87. The monoisotopic (exact) mass is 612 g/mol. The Hall–Kier alpha value is -6.25. The van der Waals surface area contributed by atoms with Crippen LogP contribution in [0.15, 0.2) is 175 Å². The topological polar surface area (TPSA) is 15.6 Å². The summed E-state index contributed by atoms with van der Waals surface area (Å²) in [6, 6.07) is 61.7. The van der Waals surface area contributed by atoms with E-state index in [1.54, 1.807) is 0 Å². The second kappa shape index (κ2) is 11.5. The molecule has 0 aromatic heterocycles. The molecular formula is C46H32N2. The normalized spacial score (nSPS) is 12.1. The molecule has 0 unspecified atom stereocenters. The van der Waals surface area contributed by atoms with Crippen molar-refractivity contribution in [3.05, 3.63) is 175 Å². The lowest BCUT2D eigenvalue weighted by molar-refractivity contribution is 0.961. The highest BCUT2D eigenvalue weighted by molar-refractivity contribution is 5.95. The third-order valence-corrected chi connectivity index (χ3v) is 9.70. The van der Waals surface area contributed by atoms with Crippen molar-refractivity contribution >= 4 is 45.3 Å². The molecule has 0 spiro atoms. The Kier molecular flexibility index (Phi) is 6.72. The first-order chi connectivity index (χ1) is 23.7. The Labute approximate surface area is 280 Å². The lowest BCUT2D eigenvalue weighted by Gasteiger charge is -2.34. The molecule has 1 aliphatic heterocycles. The van der Waals surface area contributed by atoms with Crippen molar-refractivity contribution in [1.29, 1.82) is 0 Å². The van der Waals surface area contributed by atoms with Gasteiger partial charge in [0.1, 0.15) is 0 Å². The van der Waals surface area contributed by atoms with Gasteiger partial charge in [-0.25, -0.2) is 0 Å². The van der Waals surface area contributed by atoms with E-state index >= 15 is 0 Å². The number of aliphatic imine (C=N–C) groups is 1. The van der Waals surface area contributed by atoms with Crippen molar-refractivity contribution in [2.24, 2.45) is 4.99 Å². The highest BCUT2D eigenvalue weighted by Crippen LogP contribution is 2.47. The summed E-state index contributed by atoms with van der Waals surface area (Å²) < 4.78 is 0. The summed E-state index contributed by atoms with van der Waals surface area (Å²) in [4.78, 5) is 6.74. The lowest BCUT2D eigenvalue weighted by atomic mass is 9.88. The summed E-state index contributed by atoms with van der Waals surface area (Å²) in [6.07, 6.45) is 0. The molecule has 0 radical (unpaired) electrons. The summed E-state index contributed by atoms with van der Waals surface area (Å²) >= 11 is 0. The van der Waals surface area contributed by atoms with Crippen LogP contribution in [0.25, 0.3) is 66.1 Å². The van der Waals surface area contributed by atoms with Gasteiger partial charge >= 0.3 is 0 Å². The van der Waals surface area contributed by atoms with E-state index in [1.807, 2.05) is 12.1 Å². The van der Waals surface area contributed by atoms with Crippen LogP contribution in [0.2, 0.25) is 0 Å².